The third-order valence-corrected chi connectivity index (χ3v) is 5.67. The minimum Gasteiger partial charge on any atom is -0.236 e. The van der Waals surface area contributed by atoms with E-state index in [4.69, 9.17) is 6.57 Å². The van der Waals surface area contributed by atoms with Crippen LogP contribution in [-0.2, 0) is 0 Å². The lowest BCUT2D eigenvalue weighted by Gasteiger charge is -2.05. The third-order valence-electron chi connectivity index (χ3n) is 2.15. The molecule has 0 saturated carbocycles. The van der Waals surface area contributed by atoms with Crippen molar-refractivity contribution in [1.29, 1.82) is 0 Å². The maximum atomic E-state index is 7.41. The number of thioether (sulfide) groups is 1. The highest BCUT2D eigenvalue weighted by Gasteiger charge is 2.15. The van der Waals surface area contributed by atoms with Crippen molar-refractivity contribution in [3.8, 4) is 0 Å². The fraction of sp³-hybridized carbons (Fsp3) is 0.0833. The Morgan fingerprint density at radius 2 is 2.18 bits per heavy atom. The topological polar surface area (TPSA) is 4.36 Å². The number of nitrogens with zero attached hydrogens (tertiary/aromatic N) is 1. The molecule has 2 aromatic rings. The van der Waals surface area contributed by atoms with Crippen molar-refractivity contribution >= 4 is 61.0 Å². The molecule has 0 amide bonds. The Balaban J connectivity index is 2.61. The minimum atomic E-state index is 0.730. The van der Waals surface area contributed by atoms with Gasteiger partial charge in [0.05, 0.1) is 10.4 Å². The van der Waals surface area contributed by atoms with Gasteiger partial charge in [-0.25, -0.2) is 4.85 Å². The second-order valence-electron chi connectivity index (χ2n) is 3.08. The average Bonchev–Trinajstić information content (AvgIpc) is 2.97. The van der Waals surface area contributed by atoms with Crippen LogP contribution in [0.2, 0.25) is 0 Å². The summed E-state index contributed by atoms with van der Waals surface area (Å²) < 4.78 is 1.02. The van der Waals surface area contributed by atoms with Crippen LogP contribution in [0.5, 0.6) is 0 Å². The van der Waals surface area contributed by atoms with Crippen LogP contribution < -0.4 is 0 Å². The molecule has 2 aromatic heterocycles. The summed E-state index contributed by atoms with van der Waals surface area (Å²) in [6, 6.07) is 6.06. The lowest BCUT2D eigenvalue weighted by Crippen LogP contribution is -1.82. The van der Waals surface area contributed by atoms with E-state index in [2.05, 4.69) is 26.8 Å². The van der Waals surface area contributed by atoms with Gasteiger partial charge in [-0.15, -0.1) is 34.4 Å². The molecular formula is C12H8BrNS3. The van der Waals surface area contributed by atoms with Crippen molar-refractivity contribution in [2.75, 3.05) is 6.26 Å². The standard InChI is InChI=1S/C12H8BrNS3/c1-14-10(8-5-7-17-12(8)13)11(15-2)9-4-3-6-16-9/h3-7H,2H3/b11-10+. The van der Waals surface area contributed by atoms with Crippen LogP contribution in [0.3, 0.4) is 0 Å². The Morgan fingerprint density at radius 3 is 2.65 bits per heavy atom. The summed E-state index contributed by atoms with van der Waals surface area (Å²) in [5, 5.41) is 4.03. The second kappa shape index (κ2) is 5.87. The molecule has 1 nitrogen and oxygen atoms in total. The molecule has 5 heteroatoms. The molecule has 2 heterocycles. The molecule has 0 aliphatic carbocycles. The van der Waals surface area contributed by atoms with E-state index in [0.29, 0.717) is 0 Å². The molecule has 0 spiro atoms. The summed E-state index contributed by atoms with van der Waals surface area (Å²) in [6.45, 7) is 7.41. The zero-order chi connectivity index (χ0) is 12.3. The zero-order valence-electron chi connectivity index (χ0n) is 8.94. The van der Waals surface area contributed by atoms with E-state index in [0.717, 1.165) is 24.8 Å². The molecule has 0 fully saturated rings. The number of rotatable bonds is 3. The van der Waals surface area contributed by atoms with E-state index < -0.39 is 0 Å². The third kappa shape index (κ3) is 2.66. The normalized spacial score (nSPS) is 12.1. The Morgan fingerprint density at radius 1 is 1.35 bits per heavy atom. The largest absolute Gasteiger partial charge is 0.236 e. The first kappa shape index (κ1) is 12.9. The molecular weight excluding hydrogens is 334 g/mol. The SMILES string of the molecule is [C-]#[N+]/C(=C(/SC)c1cccs1)c1ccsc1Br. The molecule has 0 bridgehead atoms. The van der Waals surface area contributed by atoms with Crippen molar-refractivity contribution in [3.05, 3.63) is 54.6 Å². The van der Waals surface area contributed by atoms with Crippen LogP contribution in [-0.4, -0.2) is 6.26 Å². The first-order chi connectivity index (χ1) is 8.27. The molecule has 0 aliphatic heterocycles. The highest BCUT2D eigenvalue weighted by molar-refractivity contribution is 9.11. The van der Waals surface area contributed by atoms with Gasteiger partial charge >= 0.3 is 0 Å². The molecule has 86 valence electrons. The maximum absolute atomic E-state index is 7.41. The fourth-order valence-electron chi connectivity index (χ4n) is 1.42. The van der Waals surface area contributed by atoms with Gasteiger partial charge in [-0.05, 0) is 39.0 Å². The van der Waals surface area contributed by atoms with Gasteiger partial charge in [0.2, 0.25) is 5.70 Å². The van der Waals surface area contributed by atoms with Crippen LogP contribution in [0, 0.1) is 6.57 Å². The van der Waals surface area contributed by atoms with Crippen molar-refractivity contribution in [2.45, 2.75) is 0 Å². The Hall–Kier alpha value is -0.540. The lowest BCUT2D eigenvalue weighted by atomic mass is 10.2. The second-order valence-corrected chi connectivity index (χ2v) is 7.08. The molecule has 0 radical (unpaired) electrons. The average molecular weight is 342 g/mol. The summed E-state index contributed by atoms with van der Waals surface area (Å²) in [4.78, 5) is 5.91. The van der Waals surface area contributed by atoms with Crippen LogP contribution in [0.25, 0.3) is 15.4 Å². The molecule has 0 atom stereocenters. The van der Waals surface area contributed by atoms with Gasteiger partial charge in [-0.2, -0.15) is 0 Å². The van der Waals surface area contributed by atoms with Crippen molar-refractivity contribution in [3.63, 3.8) is 0 Å². The van der Waals surface area contributed by atoms with Crippen LogP contribution in [0.1, 0.15) is 10.4 Å². The maximum Gasteiger partial charge on any atom is 0.210 e. The molecule has 0 aliphatic rings. The molecule has 0 saturated heterocycles. The van der Waals surface area contributed by atoms with Crippen molar-refractivity contribution < 1.29 is 0 Å². The Labute approximate surface area is 121 Å². The van der Waals surface area contributed by atoms with Gasteiger partial charge in [0.1, 0.15) is 0 Å². The number of hydrogen-bond acceptors (Lipinski definition) is 3. The van der Waals surface area contributed by atoms with Crippen molar-refractivity contribution in [2.24, 2.45) is 0 Å². The van der Waals surface area contributed by atoms with Crippen LogP contribution in [0.15, 0.2) is 32.7 Å². The summed E-state index contributed by atoms with van der Waals surface area (Å²) >= 11 is 8.41. The van der Waals surface area contributed by atoms with Crippen LogP contribution in [0.4, 0.5) is 0 Å². The van der Waals surface area contributed by atoms with E-state index in [1.165, 1.54) is 0 Å². The predicted octanol–water partition coefficient (Wildman–Crippen LogP) is 5.68. The summed E-state index contributed by atoms with van der Waals surface area (Å²) in [5.74, 6) is 0. The molecule has 0 unspecified atom stereocenters. The quantitative estimate of drug-likeness (QED) is 0.649. The Kier molecular flexibility index (Phi) is 4.46. The zero-order valence-corrected chi connectivity index (χ0v) is 13.0. The summed E-state index contributed by atoms with van der Waals surface area (Å²) in [7, 11) is 0. The number of halogens is 1. The smallest absolute Gasteiger partial charge is 0.210 e. The van der Waals surface area contributed by atoms with E-state index in [1.807, 2.05) is 29.1 Å². The van der Waals surface area contributed by atoms with Gasteiger partial charge in [-0.1, -0.05) is 12.1 Å². The highest BCUT2D eigenvalue weighted by atomic mass is 79.9. The van der Waals surface area contributed by atoms with Gasteiger partial charge < -0.3 is 0 Å². The van der Waals surface area contributed by atoms with E-state index in [9.17, 15) is 0 Å². The Bertz CT molecular complexity index is 575. The van der Waals surface area contributed by atoms with E-state index >= 15 is 0 Å². The molecule has 0 N–H and O–H groups in total. The van der Waals surface area contributed by atoms with Gasteiger partial charge in [-0.3, -0.25) is 0 Å². The number of hydrogen-bond donors (Lipinski definition) is 0. The molecule has 2 rings (SSSR count). The monoisotopic (exact) mass is 341 g/mol. The van der Waals surface area contributed by atoms with E-state index in [1.54, 1.807) is 34.4 Å². The van der Waals surface area contributed by atoms with E-state index in [-0.39, 0.29) is 0 Å². The fourth-order valence-corrected chi connectivity index (χ4v) is 4.35. The predicted molar refractivity (Wildman–Crippen MR) is 83.3 cm³/mol. The van der Waals surface area contributed by atoms with Gasteiger partial charge in [0, 0.05) is 15.3 Å². The first-order valence-corrected chi connectivity index (χ1v) is 8.48. The summed E-state index contributed by atoms with van der Waals surface area (Å²) in [5.41, 5.74) is 1.72. The summed E-state index contributed by atoms with van der Waals surface area (Å²) in [6.07, 6.45) is 2.01. The first-order valence-electron chi connectivity index (χ1n) is 4.71. The van der Waals surface area contributed by atoms with Gasteiger partial charge in [0.15, 0.2) is 0 Å². The lowest BCUT2D eigenvalue weighted by molar-refractivity contribution is 1.75. The van der Waals surface area contributed by atoms with Crippen LogP contribution >= 0.6 is 50.4 Å². The van der Waals surface area contributed by atoms with Gasteiger partial charge in [0.25, 0.3) is 0 Å². The van der Waals surface area contributed by atoms with Crippen molar-refractivity contribution in [1.82, 2.24) is 0 Å². The number of thiophene rings is 2. The highest BCUT2D eigenvalue weighted by Crippen LogP contribution is 2.40. The molecule has 17 heavy (non-hydrogen) atoms. The minimum absolute atomic E-state index is 0.730. The molecule has 0 aromatic carbocycles.